The SMILES string of the molecule is O=C(O)O.[Al+3].[K+].[O-][Si]([O-])([O-])[O-]. The number of rotatable bonds is 0. The second-order valence-corrected chi connectivity index (χ2v) is 1.78. The van der Waals surface area contributed by atoms with Gasteiger partial charge in [-0.3, -0.25) is 0 Å². The zero-order chi connectivity index (χ0) is 8.08. The average molecular weight is 220 g/mol. The molecule has 0 heterocycles. The Morgan fingerprint density at radius 3 is 1.09 bits per heavy atom. The third kappa shape index (κ3) is 463. The normalized spacial score (nSPS) is 7.64. The molecule has 0 aromatic heterocycles. The van der Waals surface area contributed by atoms with Gasteiger partial charge in [0.1, 0.15) is 0 Å². The van der Waals surface area contributed by atoms with Crippen LogP contribution < -0.4 is 70.6 Å². The predicted octanol–water partition coefficient (Wildman–Crippen LogP) is -8.29. The third-order valence-corrected chi connectivity index (χ3v) is 0. The van der Waals surface area contributed by atoms with Crippen LogP contribution in [0.4, 0.5) is 4.79 Å². The van der Waals surface area contributed by atoms with Gasteiger partial charge >= 0.3 is 74.9 Å². The largest absolute Gasteiger partial charge is 3.00 e. The summed E-state index contributed by atoms with van der Waals surface area (Å²) < 4.78 is 0. The average Bonchev–Trinajstić information content (AvgIpc) is 1.19. The number of carbonyl (C=O) groups is 1. The fraction of sp³-hybridized carbons (Fsp3) is 0. The van der Waals surface area contributed by atoms with Crippen LogP contribution in [0.25, 0.3) is 0 Å². The van der Waals surface area contributed by atoms with Gasteiger partial charge in [0.2, 0.25) is 0 Å². The molecule has 0 rings (SSSR count). The van der Waals surface area contributed by atoms with E-state index in [1.54, 1.807) is 0 Å². The van der Waals surface area contributed by atoms with E-state index < -0.39 is 15.2 Å². The Hall–Kier alpha value is 1.50. The van der Waals surface area contributed by atoms with Gasteiger partial charge in [-0.1, -0.05) is 0 Å². The number of carboxylic acid groups (broad SMARTS) is 2. The van der Waals surface area contributed by atoms with Crippen molar-refractivity contribution in [2.24, 2.45) is 0 Å². The van der Waals surface area contributed by atoms with Crippen LogP contribution in [-0.2, 0) is 0 Å². The minimum absolute atomic E-state index is 0. The van der Waals surface area contributed by atoms with Crippen molar-refractivity contribution in [2.75, 3.05) is 0 Å². The summed E-state index contributed by atoms with van der Waals surface area (Å²) in [5, 5.41) is 13.9. The summed E-state index contributed by atoms with van der Waals surface area (Å²) in [6.45, 7) is 0. The maximum absolute atomic E-state index is 8.58. The first-order valence-electron chi connectivity index (χ1n) is 1.47. The first-order chi connectivity index (χ1) is 3.73. The van der Waals surface area contributed by atoms with Crippen LogP contribution in [0.5, 0.6) is 0 Å². The second kappa shape index (κ2) is 11.5. The standard InChI is InChI=1S/CH2O3.Al.K.O4Si/c2-1(3)4;;;1-5(2,3)4/h(H2,2,3,4);;;/q;+3;+1;-4. The molecule has 11 heavy (non-hydrogen) atoms. The molecule has 0 aromatic carbocycles. The van der Waals surface area contributed by atoms with E-state index in [1.165, 1.54) is 0 Å². The molecule has 0 saturated carbocycles. The van der Waals surface area contributed by atoms with Crippen molar-refractivity contribution < 1.29 is 85.6 Å². The molecule has 0 spiro atoms. The summed E-state index contributed by atoms with van der Waals surface area (Å²) >= 11 is 0. The van der Waals surface area contributed by atoms with E-state index >= 15 is 0 Å². The molecule has 0 aliphatic heterocycles. The van der Waals surface area contributed by atoms with Crippen LogP contribution in [0, 0.1) is 0 Å². The molecule has 2 N–H and O–H groups in total. The Morgan fingerprint density at radius 1 is 1.09 bits per heavy atom. The van der Waals surface area contributed by atoms with E-state index in [9.17, 15) is 0 Å². The molecule has 0 unspecified atom stereocenters. The van der Waals surface area contributed by atoms with Gasteiger partial charge in [-0.25, -0.2) is 4.79 Å². The van der Waals surface area contributed by atoms with Crippen molar-refractivity contribution in [2.45, 2.75) is 0 Å². The van der Waals surface area contributed by atoms with E-state index in [4.69, 9.17) is 34.2 Å². The van der Waals surface area contributed by atoms with Crippen molar-refractivity contribution >= 4 is 32.6 Å². The molecule has 0 bridgehead atoms. The van der Waals surface area contributed by atoms with Gasteiger partial charge < -0.3 is 38.4 Å². The zero-order valence-electron chi connectivity index (χ0n) is 5.51. The van der Waals surface area contributed by atoms with Crippen LogP contribution in [0.2, 0.25) is 0 Å². The zero-order valence-corrected chi connectivity index (χ0v) is 10.8. The summed E-state index contributed by atoms with van der Waals surface area (Å²) in [6, 6.07) is 0. The molecular formula is CH2AlKO7Si. The molecule has 0 aliphatic rings. The third-order valence-electron chi connectivity index (χ3n) is 0. The molecule has 0 radical (unpaired) electrons. The Balaban J connectivity index is -0.0000000383. The molecule has 0 fully saturated rings. The van der Waals surface area contributed by atoms with Crippen LogP contribution >= 0.6 is 0 Å². The van der Waals surface area contributed by atoms with Crippen molar-refractivity contribution in [3.8, 4) is 0 Å². The number of hydrogen-bond acceptors (Lipinski definition) is 5. The van der Waals surface area contributed by atoms with Crippen molar-refractivity contribution in [1.29, 1.82) is 0 Å². The van der Waals surface area contributed by atoms with Crippen LogP contribution in [-0.4, -0.2) is 42.8 Å². The van der Waals surface area contributed by atoms with Crippen molar-refractivity contribution in [3.05, 3.63) is 0 Å². The second-order valence-electron chi connectivity index (χ2n) is 0.783. The smallest absolute Gasteiger partial charge is 0.894 e. The minimum atomic E-state index is -5.61. The maximum atomic E-state index is 8.58. The Bertz CT molecular complexity index is 80.9. The monoisotopic (exact) mass is 220 g/mol. The van der Waals surface area contributed by atoms with E-state index in [1.807, 2.05) is 0 Å². The van der Waals surface area contributed by atoms with E-state index in [0.29, 0.717) is 0 Å². The molecule has 0 aromatic rings. The fourth-order valence-corrected chi connectivity index (χ4v) is 0. The van der Waals surface area contributed by atoms with Crippen LogP contribution in [0.15, 0.2) is 0 Å². The first-order valence-corrected chi connectivity index (χ1v) is 3.10. The molecule has 10 heteroatoms. The van der Waals surface area contributed by atoms with Crippen LogP contribution in [0.3, 0.4) is 0 Å². The molecule has 0 amide bonds. The molecule has 7 nitrogen and oxygen atoms in total. The van der Waals surface area contributed by atoms with Gasteiger partial charge in [0.05, 0.1) is 0 Å². The van der Waals surface area contributed by atoms with Crippen molar-refractivity contribution in [1.82, 2.24) is 0 Å². The molecule has 0 saturated heterocycles. The molecule has 56 valence electrons. The van der Waals surface area contributed by atoms with E-state index in [2.05, 4.69) is 0 Å². The van der Waals surface area contributed by atoms with Crippen LogP contribution in [0.1, 0.15) is 0 Å². The molecule has 0 atom stereocenters. The summed E-state index contributed by atoms with van der Waals surface area (Å²) in [4.78, 5) is 42.9. The van der Waals surface area contributed by atoms with Gasteiger partial charge in [0, 0.05) is 0 Å². The Morgan fingerprint density at radius 2 is 1.09 bits per heavy atom. The number of hydrogen-bond donors (Lipinski definition) is 2. The van der Waals surface area contributed by atoms with Gasteiger partial charge in [0.25, 0.3) is 0 Å². The Kier molecular flexibility index (Phi) is 23.9. The minimum Gasteiger partial charge on any atom is -0.894 e. The first kappa shape index (κ1) is 22.9. The van der Waals surface area contributed by atoms with Crippen molar-refractivity contribution in [3.63, 3.8) is 0 Å². The van der Waals surface area contributed by atoms with Gasteiger partial charge in [0.15, 0.2) is 0 Å². The summed E-state index contributed by atoms with van der Waals surface area (Å²) in [6.07, 6.45) is -1.83. The fourth-order valence-electron chi connectivity index (χ4n) is 0. The Labute approximate surface area is 116 Å². The van der Waals surface area contributed by atoms with E-state index in [0.717, 1.165) is 0 Å². The predicted molar refractivity (Wildman–Crippen MR) is 22.2 cm³/mol. The topological polar surface area (TPSA) is 150 Å². The van der Waals surface area contributed by atoms with Gasteiger partial charge in [-0.05, 0) is 0 Å². The van der Waals surface area contributed by atoms with Gasteiger partial charge in [-0.15, -0.1) is 0 Å². The molecule has 0 aliphatic carbocycles. The van der Waals surface area contributed by atoms with Gasteiger partial charge in [-0.2, -0.15) is 0 Å². The summed E-state index contributed by atoms with van der Waals surface area (Å²) in [5.41, 5.74) is 0. The van der Waals surface area contributed by atoms with E-state index in [-0.39, 0.29) is 68.7 Å². The maximum Gasteiger partial charge on any atom is 3.00 e. The quantitative estimate of drug-likeness (QED) is 0.385. The summed E-state index contributed by atoms with van der Waals surface area (Å²) in [5.74, 6) is 0. The summed E-state index contributed by atoms with van der Waals surface area (Å²) in [7, 11) is -5.61. The molecular weight excluding hydrogens is 218 g/mol.